The van der Waals surface area contributed by atoms with E-state index < -0.39 is 0 Å². The molecule has 3 aromatic rings. The number of aryl methyl sites for hydroxylation is 1. The molecule has 3 rings (SSSR count). The van der Waals surface area contributed by atoms with E-state index in [9.17, 15) is 4.79 Å². The van der Waals surface area contributed by atoms with Gasteiger partial charge in [0.1, 0.15) is 5.82 Å². The van der Waals surface area contributed by atoms with E-state index in [1.807, 2.05) is 49.4 Å². The highest BCUT2D eigenvalue weighted by Gasteiger charge is 2.09. The Labute approximate surface area is 157 Å². The highest BCUT2D eigenvalue weighted by Crippen LogP contribution is 2.12. The molecule has 0 saturated carbocycles. The molecule has 2 aromatic carbocycles. The van der Waals surface area contributed by atoms with Crippen LogP contribution in [0, 0.1) is 6.92 Å². The molecule has 1 amide bonds. The highest BCUT2D eigenvalue weighted by atomic mass is 35.5. The Morgan fingerprint density at radius 2 is 1.65 bits per heavy atom. The first-order valence-electron chi connectivity index (χ1n) is 8.31. The molecular formula is C20H19ClN4O. The minimum absolute atomic E-state index is 0.194. The molecule has 0 aliphatic rings. The average Bonchev–Trinajstić information content (AvgIpc) is 2.65. The summed E-state index contributed by atoms with van der Waals surface area (Å²) in [7, 11) is 0. The fourth-order valence-electron chi connectivity index (χ4n) is 2.49. The summed E-state index contributed by atoms with van der Waals surface area (Å²) in [4.78, 5) is 12.3. The summed E-state index contributed by atoms with van der Waals surface area (Å²) in [5, 5.41) is 14.8. The Morgan fingerprint density at radius 1 is 0.962 bits per heavy atom. The van der Waals surface area contributed by atoms with Gasteiger partial charge in [-0.2, -0.15) is 0 Å². The van der Waals surface area contributed by atoms with Gasteiger partial charge in [-0.1, -0.05) is 41.9 Å². The number of nitrogens with one attached hydrogen (secondary N) is 2. The fourth-order valence-corrected chi connectivity index (χ4v) is 2.62. The van der Waals surface area contributed by atoms with Crippen LogP contribution in [0.5, 0.6) is 0 Å². The summed E-state index contributed by atoms with van der Waals surface area (Å²) >= 11 is 5.88. The maximum absolute atomic E-state index is 12.3. The molecule has 0 radical (unpaired) electrons. The first-order chi connectivity index (χ1) is 12.6. The van der Waals surface area contributed by atoms with Crippen LogP contribution in [0.3, 0.4) is 0 Å². The zero-order valence-electron chi connectivity index (χ0n) is 14.4. The van der Waals surface area contributed by atoms with E-state index in [0.29, 0.717) is 17.2 Å². The van der Waals surface area contributed by atoms with E-state index in [1.54, 1.807) is 18.2 Å². The molecule has 5 nitrogen and oxygen atoms in total. The van der Waals surface area contributed by atoms with Gasteiger partial charge >= 0.3 is 0 Å². The smallest absolute Gasteiger partial charge is 0.257 e. The molecular weight excluding hydrogens is 348 g/mol. The van der Waals surface area contributed by atoms with Crippen LogP contribution in [0.25, 0.3) is 0 Å². The largest absolute Gasteiger partial charge is 0.368 e. The minimum atomic E-state index is -0.194. The second kappa shape index (κ2) is 8.45. The number of halogens is 1. The number of aromatic nitrogens is 2. The summed E-state index contributed by atoms with van der Waals surface area (Å²) in [6.45, 7) is 2.62. The number of amides is 1. The Hall–Kier alpha value is -2.92. The van der Waals surface area contributed by atoms with E-state index >= 15 is 0 Å². The molecule has 2 N–H and O–H groups in total. The van der Waals surface area contributed by atoms with Crippen molar-refractivity contribution >= 4 is 29.1 Å². The van der Waals surface area contributed by atoms with Crippen molar-refractivity contribution in [3.05, 3.63) is 82.4 Å². The van der Waals surface area contributed by atoms with Gasteiger partial charge < -0.3 is 10.6 Å². The average molecular weight is 367 g/mol. The Bertz CT molecular complexity index is 879. The van der Waals surface area contributed by atoms with Crippen molar-refractivity contribution < 1.29 is 4.79 Å². The van der Waals surface area contributed by atoms with Gasteiger partial charge in [0, 0.05) is 17.1 Å². The topological polar surface area (TPSA) is 66.9 Å². The quantitative estimate of drug-likeness (QED) is 0.680. The molecule has 1 heterocycles. The van der Waals surface area contributed by atoms with Crippen molar-refractivity contribution in [2.45, 2.75) is 13.3 Å². The van der Waals surface area contributed by atoms with Crippen molar-refractivity contribution in [3.63, 3.8) is 0 Å². The summed E-state index contributed by atoms with van der Waals surface area (Å²) in [6, 6.07) is 18.7. The molecule has 26 heavy (non-hydrogen) atoms. The van der Waals surface area contributed by atoms with Gasteiger partial charge in [0.25, 0.3) is 5.91 Å². The number of carbonyl (C=O) groups excluding carboxylic acids is 1. The normalized spacial score (nSPS) is 10.4. The number of benzene rings is 2. The van der Waals surface area contributed by atoms with Crippen LogP contribution < -0.4 is 10.6 Å². The molecule has 0 fully saturated rings. The monoisotopic (exact) mass is 366 g/mol. The number of rotatable bonds is 6. The summed E-state index contributed by atoms with van der Waals surface area (Å²) in [5.41, 5.74) is 2.73. The third kappa shape index (κ3) is 4.80. The Balaban J connectivity index is 1.52. The predicted octanol–water partition coefficient (Wildman–Crippen LogP) is 4.35. The lowest BCUT2D eigenvalue weighted by atomic mass is 10.1. The Kier molecular flexibility index (Phi) is 5.81. The predicted molar refractivity (Wildman–Crippen MR) is 105 cm³/mol. The first-order valence-corrected chi connectivity index (χ1v) is 8.68. The molecule has 0 saturated heterocycles. The molecule has 132 valence electrons. The number of hydrogen-bond donors (Lipinski definition) is 2. The van der Waals surface area contributed by atoms with Crippen LogP contribution in [-0.4, -0.2) is 22.6 Å². The van der Waals surface area contributed by atoms with Crippen molar-refractivity contribution in [2.75, 3.05) is 17.2 Å². The van der Waals surface area contributed by atoms with Crippen LogP contribution in [0.2, 0.25) is 5.02 Å². The van der Waals surface area contributed by atoms with Gasteiger partial charge in [-0.3, -0.25) is 4.79 Å². The van der Waals surface area contributed by atoms with Gasteiger partial charge in [-0.05, 0) is 54.8 Å². The van der Waals surface area contributed by atoms with Gasteiger partial charge in [0.2, 0.25) is 0 Å². The molecule has 6 heteroatoms. The van der Waals surface area contributed by atoms with Gasteiger partial charge in [-0.15, -0.1) is 10.2 Å². The summed E-state index contributed by atoms with van der Waals surface area (Å²) < 4.78 is 0. The standard InChI is InChI=1S/C20H19ClN4O/c1-14-4-2-3-5-17(14)20(26)23-19-11-10-18(24-25-19)22-13-12-15-6-8-16(21)9-7-15/h2-11H,12-13H2,1H3,(H,22,24)(H,23,25,26). The molecule has 0 atom stereocenters. The molecule has 1 aromatic heterocycles. The third-order valence-corrected chi connectivity index (χ3v) is 4.18. The van der Waals surface area contributed by atoms with E-state index in [0.717, 1.165) is 23.6 Å². The first kappa shape index (κ1) is 17.9. The zero-order chi connectivity index (χ0) is 18.4. The second-order valence-corrected chi connectivity index (χ2v) is 6.31. The minimum Gasteiger partial charge on any atom is -0.368 e. The van der Waals surface area contributed by atoms with Gasteiger partial charge in [0.15, 0.2) is 5.82 Å². The molecule has 0 bridgehead atoms. The molecule has 0 spiro atoms. The van der Waals surface area contributed by atoms with E-state index in [2.05, 4.69) is 20.8 Å². The maximum atomic E-state index is 12.3. The fraction of sp³-hybridized carbons (Fsp3) is 0.150. The number of hydrogen-bond acceptors (Lipinski definition) is 4. The van der Waals surface area contributed by atoms with E-state index in [-0.39, 0.29) is 5.91 Å². The van der Waals surface area contributed by atoms with Crippen LogP contribution in [0.15, 0.2) is 60.7 Å². The third-order valence-electron chi connectivity index (χ3n) is 3.93. The van der Waals surface area contributed by atoms with Crippen molar-refractivity contribution in [2.24, 2.45) is 0 Å². The van der Waals surface area contributed by atoms with Crippen molar-refractivity contribution in [3.8, 4) is 0 Å². The second-order valence-electron chi connectivity index (χ2n) is 5.88. The summed E-state index contributed by atoms with van der Waals surface area (Å²) in [5.74, 6) is 0.884. The molecule has 0 unspecified atom stereocenters. The van der Waals surface area contributed by atoms with Crippen LogP contribution in [-0.2, 0) is 6.42 Å². The van der Waals surface area contributed by atoms with Gasteiger partial charge in [-0.25, -0.2) is 0 Å². The van der Waals surface area contributed by atoms with Crippen molar-refractivity contribution in [1.82, 2.24) is 10.2 Å². The van der Waals surface area contributed by atoms with E-state index in [1.165, 1.54) is 5.56 Å². The zero-order valence-corrected chi connectivity index (χ0v) is 15.1. The molecule has 0 aliphatic carbocycles. The summed E-state index contributed by atoms with van der Waals surface area (Å²) in [6.07, 6.45) is 0.852. The number of anilines is 2. The number of nitrogens with zero attached hydrogens (tertiary/aromatic N) is 2. The molecule has 0 aliphatic heterocycles. The lowest BCUT2D eigenvalue weighted by Crippen LogP contribution is -2.15. The van der Waals surface area contributed by atoms with Crippen LogP contribution >= 0.6 is 11.6 Å². The van der Waals surface area contributed by atoms with Crippen LogP contribution in [0.4, 0.5) is 11.6 Å². The maximum Gasteiger partial charge on any atom is 0.257 e. The van der Waals surface area contributed by atoms with Crippen LogP contribution in [0.1, 0.15) is 21.5 Å². The SMILES string of the molecule is Cc1ccccc1C(=O)Nc1ccc(NCCc2ccc(Cl)cc2)nn1. The van der Waals surface area contributed by atoms with E-state index in [4.69, 9.17) is 11.6 Å². The Morgan fingerprint density at radius 3 is 2.35 bits per heavy atom. The highest BCUT2D eigenvalue weighted by molar-refractivity contribution is 6.30. The lowest BCUT2D eigenvalue weighted by molar-refractivity contribution is 0.102. The van der Waals surface area contributed by atoms with Gasteiger partial charge in [0.05, 0.1) is 0 Å². The lowest BCUT2D eigenvalue weighted by Gasteiger charge is -2.08. The number of carbonyl (C=O) groups is 1. The van der Waals surface area contributed by atoms with Crippen molar-refractivity contribution in [1.29, 1.82) is 0 Å².